The molecular weight excluding hydrogens is 242 g/mol. The second kappa shape index (κ2) is 4.52. The van der Waals surface area contributed by atoms with Crippen molar-refractivity contribution in [3.63, 3.8) is 0 Å². The molecule has 0 saturated carbocycles. The van der Waals surface area contributed by atoms with Crippen molar-refractivity contribution in [3.8, 4) is 0 Å². The molecule has 0 aromatic heterocycles. The number of aryl methyl sites for hydroxylation is 3. The lowest BCUT2D eigenvalue weighted by molar-refractivity contribution is 0.912. The van der Waals surface area contributed by atoms with Gasteiger partial charge in [0.25, 0.3) is 0 Å². The van der Waals surface area contributed by atoms with Crippen LogP contribution < -0.4 is 5.73 Å². The van der Waals surface area contributed by atoms with Crippen LogP contribution in [0.5, 0.6) is 0 Å². The molecule has 0 heterocycles. The fourth-order valence-electron chi connectivity index (χ4n) is 3.57. The van der Waals surface area contributed by atoms with Crippen molar-refractivity contribution in [2.45, 2.75) is 32.1 Å². The van der Waals surface area contributed by atoms with Gasteiger partial charge in [-0.2, -0.15) is 0 Å². The number of nitrogens with two attached hydrogens (primary N) is 1. The summed E-state index contributed by atoms with van der Waals surface area (Å²) in [6.45, 7) is 0. The van der Waals surface area contributed by atoms with Gasteiger partial charge in [0, 0.05) is 5.69 Å². The zero-order valence-corrected chi connectivity index (χ0v) is 11.7. The van der Waals surface area contributed by atoms with Crippen molar-refractivity contribution in [1.82, 2.24) is 0 Å². The fraction of sp³-hybridized carbons (Fsp3) is 0.263. The number of hydrogen-bond donors (Lipinski definition) is 1. The number of allylic oxidation sites excluding steroid dienone is 1. The Hall–Kier alpha value is -2.02. The highest BCUT2D eigenvalue weighted by Crippen LogP contribution is 2.35. The smallest absolute Gasteiger partial charge is 0.0317 e. The largest absolute Gasteiger partial charge is 0.399 e. The molecule has 0 atom stereocenters. The predicted octanol–water partition coefficient (Wildman–Crippen LogP) is 4.24. The summed E-state index contributed by atoms with van der Waals surface area (Å²) >= 11 is 0. The SMILES string of the molecule is Nc1ccc2c(c1)CCC2=Cc1ccc2c(c1)CCC2. The maximum atomic E-state index is 5.87. The van der Waals surface area contributed by atoms with E-state index in [1.807, 2.05) is 6.07 Å². The lowest BCUT2D eigenvalue weighted by Crippen LogP contribution is -1.88. The van der Waals surface area contributed by atoms with E-state index in [4.69, 9.17) is 5.73 Å². The monoisotopic (exact) mass is 261 g/mol. The number of rotatable bonds is 1. The molecule has 2 N–H and O–H groups in total. The summed E-state index contributed by atoms with van der Waals surface area (Å²) in [7, 11) is 0. The second-order valence-corrected chi connectivity index (χ2v) is 5.97. The van der Waals surface area contributed by atoms with Crippen molar-refractivity contribution in [3.05, 3.63) is 64.2 Å². The van der Waals surface area contributed by atoms with Crippen LogP contribution in [0, 0.1) is 0 Å². The Balaban J connectivity index is 1.72. The van der Waals surface area contributed by atoms with Gasteiger partial charge >= 0.3 is 0 Å². The van der Waals surface area contributed by atoms with Gasteiger partial charge in [-0.3, -0.25) is 0 Å². The first kappa shape index (κ1) is 11.8. The zero-order chi connectivity index (χ0) is 13.5. The molecule has 0 radical (unpaired) electrons. The molecule has 0 bridgehead atoms. The van der Waals surface area contributed by atoms with E-state index in [9.17, 15) is 0 Å². The minimum absolute atomic E-state index is 0.877. The first-order valence-electron chi connectivity index (χ1n) is 7.51. The van der Waals surface area contributed by atoms with Crippen LogP contribution in [0.4, 0.5) is 5.69 Å². The highest BCUT2D eigenvalue weighted by Gasteiger charge is 2.16. The van der Waals surface area contributed by atoms with Gasteiger partial charge in [-0.25, -0.2) is 0 Å². The summed E-state index contributed by atoms with van der Waals surface area (Å²) in [5.41, 5.74) is 15.4. The van der Waals surface area contributed by atoms with E-state index in [1.165, 1.54) is 41.5 Å². The van der Waals surface area contributed by atoms with E-state index in [0.29, 0.717) is 0 Å². The van der Waals surface area contributed by atoms with Gasteiger partial charge in [-0.05, 0) is 77.6 Å². The molecule has 0 unspecified atom stereocenters. The average molecular weight is 261 g/mol. The van der Waals surface area contributed by atoms with E-state index in [1.54, 1.807) is 11.1 Å². The third kappa shape index (κ3) is 1.94. The Morgan fingerprint density at radius 1 is 0.800 bits per heavy atom. The van der Waals surface area contributed by atoms with E-state index in [-0.39, 0.29) is 0 Å². The molecule has 0 saturated heterocycles. The molecule has 2 aromatic rings. The van der Waals surface area contributed by atoms with Crippen LogP contribution in [-0.2, 0) is 19.3 Å². The average Bonchev–Trinajstić information content (AvgIpc) is 3.05. The molecule has 1 heteroatoms. The van der Waals surface area contributed by atoms with Crippen LogP contribution in [0.15, 0.2) is 36.4 Å². The minimum atomic E-state index is 0.877. The van der Waals surface area contributed by atoms with Crippen molar-refractivity contribution >= 4 is 17.3 Å². The van der Waals surface area contributed by atoms with E-state index in [2.05, 4.69) is 36.4 Å². The van der Waals surface area contributed by atoms with Crippen LogP contribution in [-0.4, -0.2) is 0 Å². The molecule has 0 fully saturated rings. The normalized spacial score (nSPS) is 18.3. The van der Waals surface area contributed by atoms with Gasteiger partial charge in [0.15, 0.2) is 0 Å². The molecule has 0 amide bonds. The number of benzene rings is 2. The number of hydrogen-bond acceptors (Lipinski definition) is 1. The predicted molar refractivity (Wildman–Crippen MR) is 85.5 cm³/mol. The van der Waals surface area contributed by atoms with Crippen LogP contribution in [0.1, 0.15) is 40.7 Å². The van der Waals surface area contributed by atoms with Crippen molar-refractivity contribution in [1.29, 1.82) is 0 Å². The highest BCUT2D eigenvalue weighted by molar-refractivity contribution is 5.86. The maximum Gasteiger partial charge on any atom is 0.0317 e. The summed E-state index contributed by atoms with van der Waals surface area (Å²) in [6.07, 6.45) is 8.44. The molecule has 2 aromatic carbocycles. The van der Waals surface area contributed by atoms with Crippen molar-refractivity contribution in [2.24, 2.45) is 0 Å². The van der Waals surface area contributed by atoms with Gasteiger partial charge in [-0.1, -0.05) is 30.3 Å². The third-order valence-electron chi connectivity index (χ3n) is 4.60. The molecule has 20 heavy (non-hydrogen) atoms. The summed E-state index contributed by atoms with van der Waals surface area (Å²) in [6, 6.07) is 13.3. The summed E-state index contributed by atoms with van der Waals surface area (Å²) in [5, 5.41) is 0. The second-order valence-electron chi connectivity index (χ2n) is 5.97. The quantitative estimate of drug-likeness (QED) is 0.763. The summed E-state index contributed by atoms with van der Waals surface area (Å²) < 4.78 is 0. The van der Waals surface area contributed by atoms with E-state index < -0.39 is 0 Å². The Labute approximate surface area is 120 Å². The van der Waals surface area contributed by atoms with Gasteiger partial charge in [-0.15, -0.1) is 0 Å². The number of anilines is 1. The third-order valence-corrected chi connectivity index (χ3v) is 4.60. The molecule has 1 nitrogen and oxygen atoms in total. The Morgan fingerprint density at radius 3 is 2.65 bits per heavy atom. The lowest BCUT2D eigenvalue weighted by Gasteiger charge is -2.04. The molecule has 100 valence electrons. The van der Waals surface area contributed by atoms with Crippen LogP contribution >= 0.6 is 0 Å². The van der Waals surface area contributed by atoms with E-state index >= 15 is 0 Å². The zero-order valence-electron chi connectivity index (χ0n) is 11.7. The van der Waals surface area contributed by atoms with Gasteiger partial charge in [0.1, 0.15) is 0 Å². The highest BCUT2D eigenvalue weighted by atomic mass is 14.5. The van der Waals surface area contributed by atoms with Crippen LogP contribution in [0.25, 0.3) is 11.6 Å². The molecular formula is C19H19N. The van der Waals surface area contributed by atoms with Gasteiger partial charge in [0.2, 0.25) is 0 Å². The number of nitrogen functional groups attached to an aromatic ring is 1. The Bertz CT molecular complexity index is 710. The van der Waals surface area contributed by atoms with Crippen LogP contribution in [0.3, 0.4) is 0 Å². The lowest BCUT2D eigenvalue weighted by atomic mass is 10.0. The fourth-order valence-corrected chi connectivity index (χ4v) is 3.57. The van der Waals surface area contributed by atoms with Gasteiger partial charge < -0.3 is 5.73 Å². The molecule has 0 aliphatic heterocycles. The maximum absolute atomic E-state index is 5.87. The van der Waals surface area contributed by atoms with Gasteiger partial charge in [0.05, 0.1) is 0 Å². The van der Waals surface area contributed by atoms with Crippen molar-refractivity contribution in [2.75, 3.05) is 5.73 Å². The van der Waals surface area contributed by atoms with E-state index in [0.717, 1.165) is 18.5 Å². The Kier molecular flexibility index (Phi) is 2.66. The first-order valence-corrected chi connectivity index (χ1v) is 7.51. The van der Waals surface area contributed by atoms with Crippen LogP contribution in [0.2, 0.25) is 0 Å². The van der Waals surface area contributed by atoms with Crippen molar-refractivity contribution < 1.29 is 0 Å². The molecule has 2 aliphatic rings. The summed E-state index contributed by atoms with van der Waals surface area (Å²) in [4.78, 5) is 0. The summed E-state index contributed by atoms with van der Waals surface area (Å²) in [5.74, 6) is 0. The topological polar surface area (TPSA) is 26.0 Å². The first-order chi connectivity index (χ1) is 9.79. The number of fused-ring (bicyclic) bond motifs is 2. The molecule has 2 aliphatic carbocycles. The standard InChI is InChI=1S/C19H19N/c20-18-8-9-19-16(6-7-17(19)12-18)11-13-4-5-14-2-1-3-15(14)10-13/h4-5,8-12H,1-3,6-7,20H2. The molecule has 4 rings (SSSR count). The molecule has 0 spiro atoms. The minimum Gasteiger partial charge on any atom is -0.399 e. The Morgan fingerprint density at radius 2 is 1.70 bits per heavy atom.